The average Bonchev–Trinajstić information content (AvgIpc) is 2.34. The lowest BCUT2D eigenvalue weighted by Crippen LogP contribution is -2.38. The van der Waals surface area contributed by atoms with Gasteiger partial charge in [0.1, 0.15) is 5.75 Å². The number of phenols is 1. The van der Waals surface area contributed by atoms with Crippen LogP contribution in [0.1, 0.15) is 17.3 Å². The molecule has 0 saturated carbocycles. The Kier molecular flexibility index (Phi) is 4.97. The minimum atomic E-state index is -0.512. The molecule has 0 aliphatic heterocycles. The van der Waals surface area contributed by atoms with Gasteiger partial charge in [0, 0.05) is 18.6 Å². The summed E-state index contributed by atoms with van der Waals surface area (Å²) in [7, 11) is 1.65. The number of hydrogen-bond donors (Lipinski definition) is 2. The summed E-state index contributed by atoms with van der Waals surface area (Å²) >= 11 is 5.66. The Hall–Kier alpha value is -1.75. The summed E-state index contributed by atoms with van der Waals surface area (Å²) in [6.45, 7) is 2.30. The van der Waals surface area contributed by atoms with Crippen LogP contribution in [0.2, 0.25) is 5.02 Å². The molecule has 98 valence electrons. The lowest BCUT2D eigenvalue weighted by molar-refractivity contribution is -0.128. The number of likely N-dealkylation sites (N-methyl/N-ethyl adjacent to an activating group) is 1. The Morgan fingerprint density at radius 1 is 1.44 bits per heavy atom. The Balaban J connectivity index is 2.63. The molecule has 0 saturated heterocycles. The van der Waals surface area contributed by atoms with Crippen LogP contribution in [0.4, 0.5) is 0 Å². The second-order valence-corrected chi connectivity index (χ2v) is 4.19. The molecule has 1 rings (SSSR count). The third kappa shape index (κ3) is 3.63. The van der Waals surface area contributed by atoms with E-state index >= 15 is 0 Å². The van der Waals surface area contributed by atoms with Crippen LogP contribution in [-0.2, 0) is 4.79 Å². The maximum absolute atomic E-state index is 11.7. The second-order valence-electron chi connectivity index (χ2n) is 3.75. The van der Waals surface area contributed by atoms with Gasteiger partial charge in [0.25, 0.3) is 5.91 Å². The van der Waals surface area contributed by atoms with Crippen molar-refractivity contribution in [3.8, 4) is 5.75 Å². The number of benzene rings is 1. The van der Waals surface area contributed by atoms with E-state index in [1.165, 1.54) is 23.1 Å². The summed E-state index contributed by atoms with van der Waals surface area (Å²) in [5.74, 6) is -0.919. The predicted molar refractivity (Wildman–Crippen MR) is 68.8 cm³/mol. The second kappa shape index (κ2) is 6.26. The Morgan fingerprint density at radius 2 is 2.11 bits per heavy atom. The van der Waals surface area contributed by atoms with E-state index in [0.717, 1.165) is 0 Å². The Bertz CT molecular complexity index is 463. The van der Waals surface area contributed by atoms with Crippen molar-refractivity contribution < 1.29 is 14.7 Å². The van der Waals surface area contributed by atoms with Gasteiger partial charge in [-0.3, -0.25) is 9.59 Å². The number of nitrogens with one attached hydrogen (secondary N) is 1. The topological polar surface area (TPSA) is 69.6 Å². The van der Waals surface area contributed by atoms with Crippen LogP contribution in [0.3, 0.4) is 0 Å². The molecular formula is C12H15ClN2O3. The van der Waals surface area contributed by atoms with Crippen molar-refractivity contribution in [2.24, 2.45) is 0 Å². The Morgan fingerprint density at radius 3 is 2.67 bits per heavy atom. The molecule has 0 spiro atoms. The first-order chi connectivity index (χ1) is 8.45. The molecule has 0 aromatic heterocycles. The third-order valence-corrected chi connectivity index (χ3v) is 2.74. The molecular weight excluding hydrogens is 256 g/mol. The van der Waals surface area contributed by atoms with E-state index in [0.29, 0.717) is 11.6 Å². The first-order valence-electron chi connectivity index (χ1n) is 5.46. The van der Waals surface area contributed by atoms with E-state index in [1.807, 2.05) is 6.92 Å². The van der Waals surface area contributed by atoms with E-state index < -0.39 is 5.91 Å². The molecule has 0 unspecified atom stereocenters. The number of hydrogen-bond acceptors (Lipinski definition) is 3. The fourth-order valence-corrected chi connectivity index (χ4v) is 1.43. The van der Waals surface area contributed by atoms with Crippen molar-refractivity contribution in [2.45, 2.75) is 6.92 Å². The number of carbonyl (C=O) groups excluding carboxylic acids is 2. The van der Waals surface area contributed by atoms with Gasteiger partial charge in [-0.1, -0.05) is 11.6 Å². The van der Waals surface area contributed by atoms with Crippen LogP contribution >= 0.6 is 11.6 Å². The van der Waals surface area contributed by atoms with Crippen molar-refractivity contribution in [1.29, 1.82) is 0 Å². The van der Waals surface area contributed by atoms with E-state index in [-0.39, 0.29) is 23.8 Å². The van der Waals surface area contributed by atoms with E-state index in [1.54, 1.807) is 7.05 Å². The zero-order valence-corrected chi connectivity index (χ0v) is 11.0. The van der Waals surface area contributed by atoms with Crippen molar-refractivity contribution in [1.82, 2.24) is 10.2 Å². The molecule has 0 aliphatic carbocycles. The SMILES string of the molecule is CCN(C)C(=O)CNC(=O)c1ccc(Cl)cc1O. The standard InChI is InChI=1S/C12H15ClN2O3/c1-3-15(2)11(17)7-14-12(18)9-5-4-8(13)6-10(9)16/h4-6,16H,3,7H2,1-2H3,(H,14,18). The van der Waals surface area contributed by atoms with Gasteiger partial charge in [-0.2, -0.15) is 0 Å². The molecule has 0 atom stereocenters. The van der Waals surface area contributed by atoms with E-state index in [9.17, 15) is 14.7 Å². The molecule has 1 aromatic rings. The van der Waals surface area contributed by atoms with Gasteiger partial charge in [0.15, 0.2) is 0 Å². The molecule has 0 aliphatic rings. The smallest absolute Gasteiger partial charge is 0.255 e. The molecule has 18 heavy (non-hydrogen) atoms. The highest BCUT2D eigenvalue weighted by atomic mass is 35.5. The number of aromatic hydroxyl groups is 1. The van der Waals surface area contributed by atoms with Crippen LogP contribution in [0.15, 0.2) is 18.2 Å². The molecule has 1 aromatic carbocycles. The van der Waals surface area contributed by atoms with Gasteiger partial charge < -0.3 is 15.3 Å². The van der Waals surface area contributed by atoms with Crippen LogP contribution in [0, 0.1) is 0 Å². The summed E-state index contributed by atoms with van der Waals surface area (Å²) < 4.78 is 0. The monoisotopic (exact) mass is 270 g/mol. The van der Waals surface area contributed by atoms with E-state index in [4.69, 9.17) is 11.6 Å². The summed E-state index contributed by atoms with van der Waals surface area (Å²) in [6, 6.07) is 4.17. The van der Waals surface area contributed by atoms with Crippen LogP contribution in [0.5, 0.6) is 5.75 Å². The number of amides is 2. The van der Waals surface area contributed by atoms with Gasteiger partial charge in [-0.15, -0.1) is 0 Å². The number of phenolic OH excluding ortho intramolecular Hbond substituents is 1. The number of halogens is 1. The predicted octanol–water partition coefficient (Wildman–Crippen LogP) is 1.25. The number of carbonyl (C=O) groups is 2. The third-order valence-electron chi connectivity index (χ3n) is 2.50. The van der Waals surface area contributed by atoms with Gasteiger partial charge in [0.05, 0.1) is 12.1 Å². The van der Waals surface area contributed by atoms with Gasteiger partial charge in [-0.05, 0) is 25.1 Å². The number of rotatable bonds is 4. The molecule has 0 radical (unpaired) electrons. The van der Waals surface area contributed by atoms with Crippen LogP contribution in [0.25, 0.3) is 0 Å². The summed E-state index contributed by atoms with van der Waals surface area (Å²) in [6.07, 6.45) is 0. The highest BCUT2D eigenvalue weighted by Gasteiger charge is 2.13. The summed E-state index contributed by atoms with van der Waals surface area (Å²) in [5.41, 5.74) is 0.0892. The Labute approximate surface area is 110 Å². The quantitative estimate of drug-likeness (QED) is 0.865. The van der Waals surface area contributed by atoms with Crippen molar-refractivity contribution in [3.05, 3.63) is 28.8 Å². The van der Waals surface area contributed by atoms with Crippen LogP contribution < -0.4 is 5.32 Å². The zero-order valence-electron chi connectivity index (χ0n) is 10.2. The maximum atomic E-state index is 11.7. The lowest BCUT2D eigenvalue weighted by atomic mass is 10.2. The fourth-order valence-electron chi connectivity index (χ4n) is 1.26. The van der Waals surface area contributed by atoms with Gasteiger partial charge >= 0.3 is 0 Å². The molecule has 2 N–H and O–H groups in total. The minimum Gasteiger partial charge on any atom is -0.507 e. The van der Waals surface area contributed by atoms with Gasteiger partial charge in [-0.25, -0.2) is 0 Å². The lowest BCUT2D eigenvalue weighted by Gasteiger charge is -2.14. The highest BCUT2D eigenvalue weighted by molar-refractivity contribution is 6.30. The molecule has 0 fully saturated rings. The summed E-state index contributed by atoms with van der Waals surface area (Å²) in [4.78, 5) is 24.7. The molecule has 6 heteroatoms. The molecule has 5 nitrogen and oxygen atoms in total. The largest absolute Gasteiger partial charge is 0.507 e. The molecule has 0 heterocycles. The first-order valence-corrected chi connectivity index (χ1v) is 5.84. The van der Waals surface area contributed by atoms with Crippen molar-refractivity contribution in [2.75, 3.05) is 20.1 Å². The minimum absolute atomic E-state index is 0.0892. The molecule has 2 amide bonds. The average molecular weight is 271 g/mol. The van der Waals surface area contributed by atoms with Crippen LogP contribution in [-0.4, -0.2) is 42.0 Å². The zero-order chi connectivity index (χ0) is 13.7. The normalized spacial score (nSPS) is 9.94. The number of nitrogens with zero attached hydrogens (tertiary/aromatic N) is 1. The first kappa shape index (κ1) is 14.3. The maximum Gasteiger partial charge on any atom is 0.255 e. The highest BCUT2D eigenvalue weighted by Crippen LogP contribution is 2.21. The van der Waals surface area contributed by atoms with Crippen molar-refractivity contribution in [3.63, 3.8) is 0 Å². The van der Waals surface area contributed by atoms with E-state index in [2.05, 4.69) is 5.32 Å². The summed E-state index contributed by atoms with van der Waals surface area (Å²) in [5, 5.41) is 12.3. The molecule has 0 bridgehead atoms. The van der Waals surface area contributed by atoms with Crippen molar-refractivity contribution >= 4 is 23.4 Å². The fraction of sp³-hybridized carbons (Fsp3) is 0.333. The van der Waals surface area contributed by atoms with Gasteiger partial charge in [0.2, 0.25) is 5.91 Å².